The third-order valence-corrected chi connectivity index (χ3v) is 4.20. The van der Waals surface area contributed by atoms with E-state index in [0.717, 1.165) is 4.90 Å². The van der Waals surface area contributed by atoms with E-state index < -0.39 is 17.6 Å². The number of benzene rings is 2. The van der Waals surface area contributed by atoms with Gasteiger partial charge in [0, 0.05) is 0 Å². The van der Waals surface area contributed by atoms with Crippen molar-refractivity contribution >= 4 is 40.9 Å². The standard InChI is InChI=1S/C19H15FN2O4S/c1-25-15-8-7-11(10-16(15)26-2)9-12-17(23)21-19(27)22(18(12)24)14-6-4-3-5-13(14)20/h3-10H,1-2H3,(H,21,23,27). The lowest BCUT2D eigenvalue weighted by Gasteiger charge is -2.29. The molecule has 1 N–H and O–H groups in total. The van der Waals surface area contributed by atoms with Gasteiger partial charge in [-0.2, -0.15) is 0 Å². The molecule has 6 nitrogen and oxygen atoms in total. The van der Waals surface area contributed by atoms with Crippen LogP contribution in [0.1, 0.15) is 5.56 Å². The quantitative estimate of drug-likeness (QED) is 0.497. The number of hydrogen-bond donors (Lipinski definition) is 1. The molecular weight excluding hydrogens is 371 g/mol. The molecule has 1 heterocycles. The molecule has 3 rings (SSSR count). The van der Waals surface area contributed by atoms with Gasteiger partial charge in [-0.05, 0) is 48.1 Å². The first-order chi connectivity index (χ1) is 13.0. The molecule has 1 aliphatic rings. The molecule has 0 saturated carbocycles. The van der Waals surface area contributed by atoms with Crippen LogP contribution in [0.3, 0.4) is 0 Å². The number of thiocarbonyl (C=S) groups is 1. The van der Waals surface area contributed by atoms with Gasteiger partial charge in [-0.3, -0.25) is 14.9 Å². The van der Waals surface area contributed by atoms with Crippen LogP contribution in [0.5, 0.6) is 11.5 Å². The summed E-state index contributed by atoms with van der Waals surface area (Å²) < 4.78 is 24.5. The normalized spacial score (nSPS) is 15.7. The predicted molar refractivity (Wildman–Crippen MR) is 102 cm³/mol. The molecule has 0 bridgehead atoms. The number of rotatable bonds is 4. The highest BCUT2D eigenvalue weighted by Crippen LogP contribution is 2.29. The van der Waals surface area contributed by atoms with Gasteiger partial charge >= 0.3 is 0 Å². The second kappa shape index (κ2) is 7.55. The number of methoxy groups -OCH3 is 2. The lowest BCUT2D eigenvalue weighted by Crippen LogP contribution is -2.54. The Labute approximate surface area is 160 Å². The molecule has 2 aromatic rings. The molecule has 2 amide bonds. The van der Waals surface area contributed by atoms with Gasteiger partial charge in [0.15, 0.2) is 16.6 Å². The molecule has 8 heteroatoms. The number of nitrogens with zero attached hydrogens (tertiary/aromatic N) is 1. The highest BCUT2D eigenvalue weighted by molar-refractivity contribution is 7.80. The van der Waals surface area contributed by atoms with Gasteiger partial charge in [0.2, 0.25) is 0 Å². The molecule has 138 valence electrons. The van der Waals surface area contributed by atoms with Gasteiger partial charge in [0.25, 0.3) is 11.8 Å². The Kier molecular flexibility index (Phi) is 5.18. The number of halogens is 1. The summed E-state index contributed by atoms with van der Waals surface area (Å²) >= 11 is 5.06. The van der Waals surface area contributed by atoms with Crippen LogP contribution in [0.25, 0.3) is 6.08 Å². The highest BCUT2D eigenvalue weighted by atomic mass is 32.1. The first-order valence-corrected chi connectivity index (χ1v) is 8.25. The van der Waals surface area contributed by atoms with E-state index in [0.29, 0.717) is 17.1 Å². The average molecular weight is 386 g/mol. The fraction of sp³-hybridized carbons (Fsp3) is 0.105. The zero-order valence-electron chi connectivity index (χ0n) is 14.5. The van der Waals surface area contributed by atoms with Crippen molar-refractivity contribution in [1.82, 2.24) is 5.32 Å². The van der Waals surface area contributed by atoms with E-state index in [1.807, 2.05) is 0 Å². The van der Waals surface area contributed by atoms with E-state index in [-0.39, 0.29) is 16.4 Å². The Bertz CT molecular complexity index is 974. The molecule has 0 unspecified atom stereocenters. The molecule has 0 spiro atoms. The molecule has 0 aromatic heterocycles. The summed E-state index contributed by atoms with van der Waals surface area (Å²) in [5, 5.41) is 2.23. The average Bonchev–Trinajstić information content (AvgIpc) is 2.66. The summed E-state index contributed by atoms with van der Waals surface area (Å²) in [6.45, 7) is 0. The summed E-state index contributed by atoms with van der Waals surface area (Å²) in [5.74, 6) is -1.06. The van der Waals surface area contributed by atoms with E-state index in [1.54, 1.807) is 24.3 Å². The Morgan fingerprint density at radius 3 is 2.44 bits per heavy atom. The van der Waals surface area contributed by atoms with Gasteiger partial charge in [0.1, 0.15) is 11.4 Å². The minimum atomic E-state index is -0.719. The van der Waals surface area contributed by atoms with Crippen molar-refractivity contribution in [2.24, 2.45) is 0 Å². The lowest BCUT2D eigenvalue weighted by molar-refractivity contribution is -0.122. The van der Waals surface area contributed by atoms with Crippen LogP contribution in [-0.4, -0.2) is 31.1 Å². The molecular formula is C19H15FN2O4S. The van der Waals surface area contributed by atoms with Gasteiger partial charge in [0.05, 0.1) is 19.9 Å². The van der Waals surface area contributed by atoms with Crippen molar-refractivity contribution in [2.45, 2.75) is 0 Å². The molecule has 2 aromatic carbocycles. The van der Waals surface area contributed by atoms with Crippen LogP contribution in [0, 0.1) is 5.82 Å². The number of carbonyl (C=O) groups is 2. The molecule has 0 atom stereocenters. The van der Waals surface area contributed by atoms with E-state index in [1.165, 1.54) is 38.5 Å². The number of ether oxygens (including phenoxy) is 2. The Hall–Kier alpha value is -3.26. The third kappa shape index (κ3) is 3.52. The third-order valence-electron chi connectivity index (χ3n) is 3.91. The second-order valence-electron chi connectivity index (χ2n) is 5.52. The van der Waals surface area contributed by atoms with Crippen LogP contribution in [0.15, 0.2) is 48.0 Å². The van der Waals surface area contributed by atoms with Crippen molar-refractivity contribution in [1.29, 1.82) is 0 Å². The number of anilines is 1. The molecule has 0 aliphatic carbocycles. The number of carbonyl (C=O) groups excluding carboxylic acids is 2. The fourth-order valence-electron chi connectivity index (χ4n) is 2.62. The van der Waals surface area contributed by atoms with E-state index >= 15 is 0 Å². The first kappa shape index (κ1) is 18.5. The smallest absolute Gasteiger partial charge is 0.270 e. The molecule has 1 aliphatic heterocycles. The first-order valence-electron chi connectivity index (χ1n) is 7.84. The summed E-state index contributed by atoms with van der Waals surface area (Å²) in [6.07, 6.45) is 1.38. The summed E-state index contributed by atoms with van der Waals surface area (Å²) in [6, 6.07) is 10.6. The highest BCUT2D eigenvalue weighted by Gasteiger charge is 2.35. The van der Waals surface area contributed by atoms with Crippen molar-refractivity contribution in [2.75, 3.05) is 19.1 Å². The van der Waals surface area contributed by atoms with Crippen LogP contribution in [0.4, 0.5) is 10.1 Å². The summed E-state index contributed by atoms with van der Waals surface area (Å²) in [5.41, 5.74) is 0.317. The maximum Gasteiger partial charge on any atom is 0.270 e. The molecule has 1 saturated heterocycles. The minimum absolute atomic E-state index is 0.0364. The van der Waals surface area contributed by atoms with E-state index in [9.17, 15) is 14.0 Å². The topological polar surface area (TPSA) is 67.9 Å². The predicted octanol–water partition coefficient (Wildman–Crippen LogP) is 2.67. The minimum Gasteiger partial charge on any atom is -0.493 e. The van der Waals surface area contributed by atoms with Gasteiger partial charge < -0.3 is 9.47 Å². The SMILES string of the molecule is COc1ccc(C=C2C(=O)NC(=S)N(c3ccccc3F)C2=O)cc1OC. The maximum atomic E-state index is 14.1. The molecule has 27 heavy (non-hydrogen) atoms. The van der Waals surface area contributed by atoms with Crippen LogP contribution in [-0.2, 0) is 9.59 Å². The Morgan fingerprint density at radius 1 is 1.07 bits per heavy atom. The van der Waals surface area contributed by atoms with Crippen molar-refractivity contribution < 1.29 is 23.5 Å². The maximum absolute atomic E-state index is 14.1. The lowest BCUT2D eigenvalue weighted by atomic mass is 10.1. The number of amides is 2. The Balaban J connectivity index is 2.03. The zero-order chi connectivity index (χ0) is 19.6. The van der Waals surface area contributed by atoms with Crippen molar-refractivity contribution in [3.8, 4) is 11.5 Å². The zero-order valence-corrected chi connectivity index (χ0v) is 15.3. The number of nitrogens with one attached hydrogen (secondary N) is 1. The Morgan fingerprint density at radius 2 is 1.78 bits per heavy atom. The summed E-state index contributed by atoms with van der Waals surface area (Å²) in [4.78, 5) is 26.1. The van der Waals surface area contributed by atoms with E-state index in [2.05, 4.69) is 5.32 Å². The monoisotopic (exact) mass is 386 g/mol. The molecule has 0 radical (unpaired) electrons. The summed E-state index contributed by atoms with van der Waals surface area (Å²) in [7, 11) is 2.98. The molecule has 1 fully saturated rings. The largest absolute Gasteiger partial charge is 0.493 e. The van der Waals surface area contributed by atoms with Crippen LogP contribution in [0.2, 0.25) is 0 Å². The van der Waals surface area contributed by atoms with Gasteiger partial charge in [-0.1, -0.05) is 18.2 Å². The van der Waals surface area contributed by atoms with E-state index in [4.69, 9.17) is 21.7 Å². The van der Waals surface area contributed by atoms with Crippen molar-refractivity contribution in [3.05, 3.63) is 59.4 Å². The van der Waals surface area contributed by atoms with Crippen LogP contribution >= 0.6 is 12.2 Å². The number of hydrogen-bond acceptors (Lipinski definition) is 5. The second-order valence-corrected chi connectivity index (χ2v) is 5.91. The van der Waals surface area contributed by atoms with Crippen molar-refractivity contribution in [3.63, 3.8) is 0 Å². The van der Waals surface area contributed by atoms with Gasteiger partial charge in [-0.25, -0.2) is 9.29 Å². The fourth-order valence-corrected chi connectivity index (χ4v) is 2.89. The van der Waals surface area contributed by atoms with Crippen LogP contribution < -0.4 is 19.7 Å². The number of para-hydroxylation sites is 1. The van der Waals surface area contributed by atoms with Gasteiger partial charge in [-0.15, -0.1) is 0 Å².